The number of halogens is 3. The average Bonchev–Trinajstić information content (AvgIpc) is 2.45. The highest BCUT2D eigenvalue weighted by molar-refractivity contribution is 7.89. The number of rotatable bonds is 5. The molecule has 0 fully saturated rings. The number of nitrogens with one attached hydrogen (secondary N) is 1. The Bertz CT molecular complexity index is 763. The van der Waals surface area contributed by atoms with Crippen LogP contribution in [0.2, 0.25) is 5.02 Å². The van der Waals surface area contributed by atoms with E-state index in [9.17, 15) is 22.3 Å². The van der Waals surface area contributed by atoms with Crippen molar-refractivity contribution in [2.45, 2.75) is 11.0 Å². The van der Waals surface area contributed by atoms with E-state index in [0.717, 1.165) is 18.2 Å². The second-order valence-electron chi connectivity index (χ2n) is 4.44. The molecule has 0 aliphatic heterocycles. The minimum Gasteiger partial charge on any atom is -0.387 e. The van der Waals surface area contributed by atoms with Gasteiger partial charge in [0.25, 0.3) is 0 Å². The third-order valence-electron chi connectivity index (χ3n) is 2.92. The van der Waals surface area contributed by atoms with E-state index >= 15 is 0 Å². The highest BCUT2D eigenvalue weighted by Crippen LogP contribution is 2.23. The lowest BCUT2D eigenvalue weighted by Gasteiger charge is -2.14. The molecule has 118 valence electrons. The Morgan fingerprint density at radius 2 is 1.68 bits per heavy atom. The fourth-order valence-electron chi connectivity index (χ4n) is 1.86. The first kappa shape index (κ1) is 16.8. The van der Waals surface area contributed by atoms with Gasteiger partial charge < -0.3 is 5.11 Å². The van der Waals surface area contributed by atoms with Gasteiger partial charge in [0.2, 0.25) is 10.0 Å². The maximum Gasteiger partial charge on any atom is 0.246 e. The van der Waals surface area contributed by atoms with Crippen molar-refractivity contribution in [3.8, 4) is 0 Å². The van der Waals surface area contributed by atoms with E-state index in [0.29, 0.717) is 5.56 Å². The molecule has 8 heteroatoms. The van der Waals surface area contributed by atoms with Crippen molar-refractivity contribution >= 4 is 21.6 Å². The summed E-state index contributed by atoms with van der Waals surface area (Å²) in [5.41, 5.74) is 0.306. The molecule has 2 N–H and O–H groups in total. The molecule has 0 radical (unpaired) electrons. The number of aliphatic hydroxyl groups is 1. The molecule has 0 heterocycles. The lowest BCUT2D eigenvalue weighted by molar-refractivity contribution is 0.182. The molecular weight excluding hydrogens is 336 g/mol. The van der Waals surface area contributed by atoms with Gasteiger partial charge >= 0.3 is 0 Å². The van der Waals surface area contributed by atoms with Crippen LogP contribution in [-0.2, 0) is 10.0 Å². The first-order valence-corrected chi connectivity index (χ1v) is 8.05. The number of sulfonamides is 1. The summed E-state index contributed by atoms with van der Waals surface area (Å²) in [5.74, 6) is -2.42. The van der Waals surface area contributed by atoms with Crippen LogP contribution < -0.4 is 4.72 Å². The van der Waals surface area contributed by atoms with E-state index in [-0.39, 0.29) is 5.02 Å². The third-order valence-corrected chi connectivity index (χ3v) is 4.74. The van der Waals surface area contributed by atoms with E-state index in [4.69, 9.17) is 11.6 Å². The number of hydrogen-bond donors (Lipinski definition) is 2. The van der Waals surface area contributed by atoms with Crippen LogP contribution in [0.1, 0.15) is 11.7 Å². The molecule has 2 aromatic rings. The van der Waals surface area contributed by atoms with Crippen LogP contribution >= 0.6 is 11.6 Å². The largest absolute Gasteiger partial charge is 0.387 e. The fourth-order valence-corrected chi connectivity index (χ4v) is 3.29. The summed E-state index contributed by atoms with van der Waals surface area (Å²) >= 11 is 5.88. The van der Waals surface area contributed by atoms with Gasteiger partial charge in [0.1, 0.15) is 11.6 Å². The summed E-state index contributed by atoms with van der Waals surface area (Å²) in [4.78, 5) is -1.08. The monoisotopic (exact) mass is 347 g/mol. The highest BCUT2D eigenvalue weighted by atomic mass is 35.5. The summed E-state index contributed by atoms with van der Waals surface area (Å²) in [6.45, 7) is -0.472. The fraction of sp³-hybridized carbons (Fsp3) is 0.143. The zero-order valence-electron chi connectivity index (χ0n) is 11.1. The van der Waals surface area contributed by atoms with Crippen LogP contribution in [-0.4, -0.2) is 20.1 Å². The molecule has 2 rings (SSSR count). The topological polar surface area (TPSA) is 66.4 Å². The Morgan fingerprint density at radius 3 is 2.27 bits per heavy atom. The van der Waals surface area contributed by atoms with E-state index in [1.54, 1.807) is 12.1 Å². The predicted octanol–water partition coefficient (Wildman–Crippen LogP) is 2.63. The van der Waals surface area contributed by atoms with E-state index < -0.39 is 39.2 Å². The van der Waals surface area contributed by atoms with Crippen LogP contribution in [0.3, 0.4) is 0 Å². The molecule has 0 bridgehead atoms. The van der Waals surface area contributed by atoms with Gasteiger partial charge in [-0.1, -0.05) is 35.9 Å². The molecule has 0 saturated carbocycles. The van der Waals surface area contributed by atoms with Crippen molar-refractivity contribution in [2.75, 3.05) is 6.54 Å². The average molecular weight is 348 g/mol. The van der Waals surface area contributed by atoms with E-state index in [1.165, 1.54) is 12.1 Å². The van der Waals surface area contributed by atoms with Crippen LogP contribution in [0, 0.1) is 11.6 Å². The van der Waals surface area contributed by atoms with Gasteiger partial charge in [-0.05, 0) is 18.2 Å². The Hall–Kier alpha value is -1.54. The highest BCUT2D eigenvalue weighted by Gasteiger charge is 2.24. The minimum absolute atomic E-state index is 0.256. The summed E-state index contributed by atoms with van der Waals surface area (Å²) in [5, 5.41) is 10.2. The molecule has 0 aromatic heterocycles. The van der Waals surface area contributed by atoms with Crippen molar-refractivity contribution in [1.82, 2.24) is 4.72 Å². The Labute approximate surface area is 131 Å². The van der Waals surface area contributed by atoms with Gasteiger partial charge in [0.15, 0.2) is 4.90 Å². The molecule has 2 aromatic carbocycles. The molecule has 1 atom stereocenters. The molecule has 4 nitrogen and oxygen atoms in total. The molecule has 0 spiro atoms. The van der Waals surface area contributed by atoms with Crippen molar-refractivity contribution in [3.05, 3.63) is 64.7 Å². The molecule has 0 aliphatic rings. The summed E-state index contributed by atoms with van der Waals surface area (Å²) < 4.78 is 52.9. The second-order valence-corrected chi connectivity index (χ2v) is 6.55. The standard InChI is InChI=1S/C14H12ClF2NO3S/c15-10-5-2-1-4-9(10)13(19)8-18-22(20,21)14-11(16)6-3-7-12(14)17/h1-7,13,18-19H,8H2. The second kappa shape index (κ2) is 6.70. The van der Waals surface area contributed by atoms with E-state index in [1.807, 2.05) is 4.72 Å². The zero-order valence-corrected chi connectivity index (χ0v) is 12.7. The number of hydrogen-bond acceptors (Lipinski definition) is 3. The lowest BCUT2D eigenvalue weighted by atomic mass is 10.1. The Morgan fingerprint density at radius 1 is 1.09 bits per heavy atom. The summed E-state index contributed by atoms with van der Waals surface area (Å²) in [7, 11) is -4.44. The van der Waals surface area contributed by atoms with E-state index in [2.05, 4.69) is 0 Å². The molecule has 1 unspecified atom stereocenters. The third kappa shape index (κ3) is 3.61. The van der Waals surface area contributed by atoms with Gasteiger partial charge in [-0.3, -0.25) is 0 Å². The Balaban J connectivity index is 2.19. The molecule has 22 heavy (non-hydrogen) atoms. The van der Waals surface area contributed by atoms with Crippen molar-refractivity contribution in [2.24, 2.45) is 0 Å². The SMILES string of the molecule is O=S(=O)(NCC(O)c1ccccc1Cl)c1c(F)cccc1F. The summed E-state index contributed by atoms with van der Waals surface area (Å²) in [6.07, 6.45) is -1.25. The lowest BCUT2D eigenvalue weighted by Crippen LogP contribution is -2.30. The van der Waals surface area contributed by atoms with Crippen LogP contribution in [0.5, 0.6) is 0 Å². The summed E-state index contributed by atoms with van der Waals surface area (Å²) in [6, 6.07) is 9.05. The predicted molar refractivity (Wildman–Crippen MR) is 78.0 cm³/mol. The zero-order chi connectivity index (χ0) is 16.3. The van der Waals surface area contributed by atoms with Gasteiger partial charge in [0, 0.05) is 17.1 Å². The first-order chi connectivity index (χ1) is 10.3. The Kier molecular flexibility index (Phi) is 5.12. The molecule has 0 saturated heterocycles. The van der Waals surface area contributed by atoms with Crippen molar-refractivity contribution in [1.29, 1.82) is 0 Å². The first-order valence-electron chi connectivity index (χ1n) is 6.19. The quantitative estimate of drug-likeness (QED) is 0.873. The van der Waals surface area contributed by atoms with Crippen LogP contribution in [0.4, 0.5) is 8.78 Å². The smallest absolute Gasteiger partial charge is 0.246 e. The van der Waals surface area contributed by atoms with Crippen LogP contribution in [0.15, 0.2) is 47.4 Å². The van der Waals surface area contributed by atoms with Gasteiger partial charge in [-0.2, -0.15) is 0 Å². The van der Waals surface area contributed by atoms with Crippen LogP contribution in [0.25, 0.3) is 0 Å². The number of aliphatic hydroxyl groups excluding tert-OH is 1. The van der Waals surface area contributed by atoms with Gasteiger partial charge in [-0.15, -0.1) is 0 Å². The number of benzene rings is 2. The maximum absolute atomic E-state index is 13.5. The molecule has 0 aliphatic carbocycles. The van der Waals surface area contributed by atoms with Crippen molar-refractivity contribution < 1.29 is 22.3 Å². The van der Waals surface area contributed by atoms with Crippen molar-refractivity contribution in [3.63, 3.8) is 0 Å². The molecular formula is C14H12ClF2NO3S. The van der Waals surface area contributed by atoms with Gasteiger partial charge in [0.05, 0.1) is 6.10 Å². The molecule has 0 amide bonds. The maximum atomic E-state index is 13.5. The minimum atomic E-state index is -4.44. The van der Waals surface area contributed by atoms with Gasteiger partial charge in [-0.25, -0.2) is 21.9 Å². The normalized spacial score (nSPS) is 13.1.